The van der Waals surface area contributed by atoms with Crippen LogP contribution >= 0.6 is 0 Å². The van der Waals surface area contributed by atoms with E-state index in [9.17, 15) is 0 Å². The lowest BCUT2D eigenvalue weighted by Crippen LogP contribution is -2.24. The maximum atomic E-state index is 6.34. The molecule has 9 aromatic rings. The third kappa shape index (κ3) is 4.22. The normalized spacial score (nSPS) is 15.6. The molecule has 3 aliphatic rings. The number of hydrogen-bond acceptors (Lipinski definition) is 1. The lowest BCUT2D eigenvalue weighted by atomic mass is 9.72. The predicted molar refractivity (Wildman–Crippen MR) is 234 cm³/mol. The van der Waals surface area contributed by atoms with E-state index in [4.69, 9.17) is 4.42 Å². The van der Waals surface area contributed by atoms with Crippen LogP contribution in [0.3, 0.4) is 0 Å². The molecule has 12 rings (SSSR count). The number of aryl methyl sites for hydroxylation is 1. The van der Waals surface area contributed by atoms with E-state index >= 15 is 0 Å². The second-order valence-corrected chi connectivity index (χ2v) is 17.2. The summed E-state index contributed by atoms with van der Waals surface area (Å²) in [6, 6.07) is 52.0. The van der Waals surface area contributed by atoms with Crippen LogP contribution in [-0.4, -0.2) is 4.57 Å². The highest BCUT2D eigenvalue weighted by Crippen LogP contribution is 2.59. The second kappa shape index (κ2) is 11.1. The van der Waals surface area contributed by atoms with E-state index in [-0.39, 0.29) is 10.8 Å². The fourth-order valence-corrected chi connectivity index (χ4v) is 10.8. The van der Waals surface area contributed by atoms with Gasteiger partial charge in [0.1, 0.15) is 11.2 Å². The van der Waals surface area contributed by atoms with E-state index in [2.05, 4.69) is 184 Å². The van der Waals surface area contributed by atoms with E-state index in [0.717, 1.165) is 34.8 Å². The maximum Gasteiger partial charge on any atom is 0.135 e. The largest absolute Gasteiger partial charge is 0.456 e. The Hall–Kier alpha value is -6.38. The van der Waals surface area contributed by atoms with Crippen molar-refractivity contribution in [3.8, 4) is 50.2 Å². The summed E-state index contributed by atoms with van der Waals surface area (Å²) in [7, 11) is 0. The van der Waals surface area contributed by atoms with Gasteiger partial charge in [0.2, 0.25) is 0 Å². The van der Waals surface area contributed by atoms with Gasteiger partial charge in [-0.2, -0.15) is 0 Å². The molecule has 0 N–H and O–H groups in total. The molecule has 0 saturated carbocycles. The molecule has 2 heterocycles. The zero-order valence-electron chi connectivity index (χ0n) is 32.2. The number of furan rings is 1. The molecule has 0 spiro atoms. The van der Waals surface area contributed by atoms with E-state index in [0.29, 0.717) is 0 Å². The van der Waals surface area contributed by atoms with Gasteiger partial charge in [-0.15, -0.1) is 0 Å². The molecule has 0 fully saturated rings. The second-order valence-electron chi connectivity index (χ2n) is 17.2. The molecule has 2 aromatic heterocycles. The standard InChI is InChI=1S/C54H41NO/c1-53(2)45-24-18-34(35-20-27-50-44(30-35)43-29-33(19-26-49(43)56-50)32-12-6-5-7-13-32)28-41(45)39-22-23-40-42-31-36(21-25-46(42)54(3,4)52(40)51(39)53)55-47-16-10-8-14-37(47)38-15-9-11-17-48(38)55/h5-8,10-14,16-31H,9,15H2,1-4H3. The highest BCUT2D eigenvalue weighted by molar-refractivity contribution is 6.08. The summed E-state index contributed by atoms with van der Waals surface area (Å²) in [5, 5.41) is 3.68. The fourth-order valence-electron chi connectivity index (χ4n) is 10.8. The number of rotatable bonds is 3. The van der Waals surface area contributed by atoms with E-state index in [1.54, 1.807) is 0 Å². The minimum atomic E-state index is -0.143. The van der Waals surface area contributed by atoms with Gasteiger partial charge in [0.25, 0.3) is 0 Å². The van der Waals surface area contributed by atoms with Crippen LogP contribution < -0.4 is 0 Å². The van der Waals surface area contributed by atoms with Crippen LogP contribution in [0.1, 0.15) is 67.6 Å². The van der Waals surface area contributed by atoms with Crippen LogP contribution in [0.4, 0.5) is 0 Å². The summed E-state index contributed by atoms with van der Waals surface area (Å²) >= 11 is 0. The monoisotopic (exact) mass is 719 g/mol. The molecule has 0 atom stereocenters. The SMILES string of the molecule is CC1(C)c2ccc(-c3ccc4oc5ccc(-c6ccccc6)cc5c4c3)cc2-c2ccc3c(c21)C(C)(C)c1ccc(-n2c4c(c5ccccc52)CCC=C4)cc1-3. The molecule has 0 saturated heterocycles. The Labute approximate surface area is 327 Å². The van der Waals surface area contributed by atoms with Crippen molar-refractivity contribution in [1.82, 2.24) is 4.57 Å². The van der Waals surface area contributed by atoms with Gasteiger partial charge in [0, 0.05) is 38.4 Å². The van der Waals surface area contributed by atoms with Gasteiger partial charge in [0.05, 0.1) is 5.52 Å². The Morgan fingerprint density at radius 3 is 1.80 bits per heavy atom. The molecular formula is C54H41NO. The van der Waals surface area contributed by atoms with Crippen molar-refractivity contribution in [2.75, 3.05) is 0 Å². The summed E-state index contributed by atoms with van der Waals surface area (Å²) < 4.78 is 8.83. The third-order valence-electron chi connectivity index (χ3n) is 13.4. The molecular weight excluding hydrogens is 679 g/mol. The minimum Gasteiger partial charge on any atom is -0.456 e. The summed E-state index contributed by atoms with van der Waals surface area (Å²) in [5.41, 5.74) is 22.9. The van der Waals surface area contributed by atoms with Crippen LogP contribution in [0, 0.1) is 0 Å². The van der Waals surface area contributed by atoms with Crippen molar-refractivity contribution in [2.45, 2.75) is 51.4 Å². The number of aromatic nitrogens is 1. The zero-order valence-corrected chi connectivity index (χ0v) is 32.2. The first kappa shape index (κ1) is 31.9. The summed E-state index contributed by atoms with van der Waals surface area (Å²) in [6.07, 6.45) is 6.86. The third-order valence-corrected chi connectivity index (χ3v) is 13.4. The number of nitrogens with zero attached hydrogens (tertiary/aromatic N) is 1. The Morgan fingerprint density at radius 1 is 0.500 bits per heavy atom. The van der Waals surface area contributed by atoms with Gasteiger partial charge in [-0.25, -0.2) is 0 Å². The van der Waals surface area contributed by atoms with E-state index in [1.165, 1.54) is 94.6 Å². The van der Waals surface area contributed by atoms with Crippen molar-refractivity contribution < 1.29 is 4.42 Å². The number of para-hydroxylation sites is 1. The van der Waals surface area contributed by atoms with Gasteiger partial charge in [-0.1, -0.05) is 125 Å². The first-order valence-corrected chi connectivity index (χ1v) is 20.1. The van der Waals surface area contributed by atoms with Crippen LogP contribution in [0.2, 0.25) is 0 Å². The molecule has 56 heavy (non-hydrogen) atoms. The van der Waals surface area contributed by atoms with Gasteiger partial charge in [-0.05, 0) is 140 Å². The quantitative estimate of drug-likeness (QED) is 0.178. The average molecular weight is 720 g/mol. The van der Waals surface area contributed by atoms with Crippen LogP contribution in [0.25, 0.3) is 89.1 Å². The molecule has 3 aliphatic carbocycles. The molecule has 0 amide bonds. The molecule has 268 valence electrons. The van der Waals surface area contributed by atoms with Gasteiger partial charge < -0.3 is 8.98 Å². The van der Waals surface area contributed by atoms with Crippen LogP contribution in [-0.2, 0) is 17.3 Å². The molecule has 0 radical (unpaired) electrons. The molecule has 7 aromatic carbocycles. The Kier molecular flexibility index (Phi) is 6.33. The maximum absolute atomic E-state index is 6.34. The zero-order chi connectivity index (χ0) is 37.5. The molecule has 0 aliphatic heterocycles. The summed E-state index contributed by atoms with van der Waals surface area (Å²) in [4.78, 5) is 0. The van der Waals surface area contributed by atoms with Crippen molar-refractivity contribution in [2.24, 2.45) is 0 Å². The highest BCUT2D eigenvalue weighted by atomic mass is 16.3. The summed E-state index contributed by atoms with van der Waals surface area (Å²) in [5.74, 6) is 0. The minimum absolute atomic E-state index is 0.138. The smallest absolute Gasteiger partial charge is 0.135 e. The van der Waals surface area contributed by atoms with Crippen molar-refractivity contribution in [3.05, 3.63) is 179 Å². The Balaban J connectivity index is 0.985. The van der Waals surface area contributed by atoms with Crippen LogP contribution in [0.15, 0.2) is 150 Å². The number of hydrogen-bond donors (Lipinski definition) is 0. The lowest BCUT2D eigenvalue weighted by Gasteiger charge is -2.30. The van der Waals surface area contributed by atoms with Crippen molar-refractivity contribution >= 4 is 38.9 Å². The van der Waals surface area contributed by atoms with E-state index < -0.39 is 0 Å². The topological polar surface area (TPSA) is 18.1 Å². The van der Waals surface area contributed by atoms with Gasteiger partial charge in [0.15, 0.2) is 0 Å². The first-order chi connectivity index (χ1) is 27.3. The van der Waals surface area contributed by atoms with Gasteiger partial charge in [-0.3, -0.25) is 0 Å². The average Bonchev–Trinajstić information content (AvgIpc) is 3.91. The van der Waals surface area contributed by atoms with Gasteiger partial charge >= 0.3 is 0 Å². The van der Waals surface area contributed by atoms with Crippen molar-refractivity contribution in [1.29, 1.82) is 0 Å². The Bertz CT molecular complexity index is 3180. The first-order valence-electron chi connectivity index (χ1n) is 20.1. The van der Waals surface area contributed by atoms with E-state index in [1.807, 2.05) is 0 Å². The Morgan fingerprint density at radius 2 is 1.09 bits per heavy atom. The highest BCUT2D eigenvalue weighted by Gasteiger charge is 2.46. The predicted octanol–water partition coefficient (Wildman–Crippen LogP) is 14.4. The fraction of sp³-hybridized carbons (Fsp3) is 0.148. The molecule has 0 unspecified atom stereocenters. The number of benzene rings is 7. The van der Waals surface area contributed by atoms with Crippen LogP contribution in [0.5, 0.6) is 0 Å². The van der Waals surface area contributed by atoms with Crippen molar-refractivity contribution in [3.63, 3.8) is 0 Å². The number of allylic oxidation sites excluding steroid dienone is 1. The molecule has 2 nitrogen and oxygen atoms in total. The lowest BCUT2D eigenvalue weighted by molar-refractivity contribution is 0.601. The molecule has 2 heteroatoms. The molecule has 0 bridgehead atoms. The number of fused-ring (bicyclic) bond motifs is 13. The summed E-state index contributed by atoms with van der Waals surface area (Å²) in [6.45, 7) is 9.73.